The summed E-state index contributed by atoms with van der Waals surface area (Å²) in [6.45, 7) is 5.38. The molecule has 0 bridgehead atoms. The van der Waals surface area contributed by atoms with Crippen molar-refractivity contribution in [2.45, 2.75) is 18.9 Å². The Bertz CT molecular complexity index is 253. The monoisotopic (exact) mass is 163 g/mol. The highest BCUT2D eigenvalue weighted by Gasteiger charge is 2.21. The largest absolute Gasteiger partial charge is 0.344 e. The van der Waals surface area contributed by atoms with E-state index in [1.54, 1.807) is 0 Å². The minimum absolute atomic E-state index is 0.127. The lowest BCUT2D eigenvalue weighted by Gasteiger charge is -2.27. The van der Waals surface area contributed by atoms with Crippen molar-refractivity contribution in [1.82, 2.24) is 5.32 Å². The van der Waals surface area contributed by atoms with E-state index < -0.39 is 0 Å². The lowest BCUT2D eigenvalue weighted by Crippen LogP contribution is -2.43. The first kappa shape index (κ1) is 8.78. The smallest absolute Gasteiger partial charge is 0.244 e. The minimum Gasteiger partial charge on any atom is -0.344 e. The molecule has 1 aliphatic rings. The van der Waals surface area contributed by atoms with Gasteiger partial charge in [-0.2, -0.15) is 0 Å². The minimum atomic E-state index is -0.236. The molecule has 12 heavy (non-hydrogen) atoms. The van der Waals surface area contributed by atoms with Gasteiger partial charge in [0.15, 0.2) is 0 Å². The second-order valence-electron chi connectivity index (χ2n) is 3.10. The van der Waals surface area contributed by atoms with Crippen LogP contribution in [0.3, 0.4) is 0 Å². The Hall–Kier alpha value is -1.31. The molecule has 0 aromatic rings. The fourth-order valence-corrected chi connectivity index (χ4v) is 1.15. The molecular formula is C10H13NO. The fraction of sp³-hybridized carbons (Fsp3) is 0.300. The first-order chi connectivity index (χ1) is 5.66. The normalized spacial score (nSPS) is 26.8. The predicted molar refractivity (Wildman–Crippen MR) is 49.6 cm³/mol. The van der Waals surface area contributed by atoms with E-state index in [4.69, 9.17) is 0 Å². The molecule has 1 aliphatic carbocycles. The SMILES string of the molecule is C=CC(=O)NC1(C)C=CC=CC1. The maximum Gasteiger partial charge on any atom is 0.244 e. The molecular weight excluding hydrogens is 150 g/mol. The predicted octanol–water partition coefficient (Wildman–Crippen LogP) is 1.56. The highest BCUT2D eigenvalue weighted by atomic mass is 16.1. The van der Waals surface area contributed by atoms with Gasteiger partial charge in [-0.05, 0) is 19.4 Å². The van der Waals surface area contributed by atoms with Crippen LogP contribution in [0.25, 0.3) is 0 Å². The van der Waals surface area contributed by atoms with Crippen LogP contribution in [0, 0.1) is 0 Å². The Kier molecular flexibility index (Phi) is 2.48. The summed E-state index contributed by atoms with van der Waals surface area (Å²) in [5, 5.41) is 2.85. The maximum atomic E-state index is 11.0. The Morgan fingerprint density at radius 1 is 1.67 bits per heavy atom. The van der Waals surface area contributed by atoms with Gasteiger partial charge in [-0.1, -0.05) is 30.9 Å². The van der Waals surface area contributed by atoms with Crippen molar-refractivity contribution in [2.75, 3.05) is 0 Å². The van der Waals surface area contributed by atoms with Gasteiger partial charge in [-0.25, -0.2) is 0 Å². The molecule has 0 aromatic heterocycles. The van der Waals surface area contributed by atoms with Crippen molar-refractivity contribution in [1.29, 1.82) is 0 Å². The Morgan fingerprint density at radius 3 is 2.92 bits per heavy atom. The molecule has 0 heterocycles. The topological polar surface area (TPSA) is 29.1 Å². The van der Waals surface area contributed by atoms with Crippen molar-refractivity contribution in [3.8, 4) is 0 Å². The third-order valence-corrected chi connectivity index (χ3v) is 1.85. The molecule has 64 valence electrons. The van der Waals surface area contributed by atoms with E-state index >= 15 is 0 Å². The van der Waals surface area contributed by atoms with Gasteiger partial charge in [0.2, 0.25) is 5.91 Å². The number of hydrogen-bond donors (Lipinski definition) is 1. The molecule has 1 amide bonds. The summed E-state index contributed by atoms with van der Waals surface area (Å²) in [5.41, 5.74) is -0.236. The number of allylic oxidation sites excluding steroid dienone is 2. The number of nitrogens with one attached hydrogen (secondary N) is 1. The van der Waals surface area contributed by atoms with E-state index in [-0.39, 0.29) is 11.4 Å². The van der Waals surface area contributed by atoms with E-state index in [0.29, 0.717) is 0 Å². The zero-order chi connectivity index (χ0) is 9.03. The molecule has 0 fully saturated rings. The van der Waals surface area contributed by atoms with Crippen LogP contribution in [0.5, 0.6) is 0 Å². The van der Waals surface area contributed by atoms with Gasteiger partial charge in [0.05, 0.1) is 5.54 Å². The molecule has 2 nitrogen and oxygen atoms in total. The van der Waals surface area contributed by atoms with E-state index in [0.717, 1.165) is 6.42 Å². The van der Waals surface area contributed by atoms with Gasteiger partial charge in [0.25, 0.3) is 0 Å². The van der Waals surface area contributed by atoms with Crippen LogP contribution >= 0.6 is 0 Å². The molecule has 2 heteroatoms. The van der Waals surface area contributed by atoms with Gasteiger partial charge in [0.1, 0.15) is 0 Å². The third-order valence-electron chi connectivity index (χ3n) is 1.85. The van der Waals surface area contributed by atoms with E-state index in [2.05, 4.69) is 11.9 Å². The summed E-state index contributed by atoms with van der Waals surface area (Å²) >= 11 is 0. The molecule has 0 aromatic carbocycles. The highest BCUT2D eigenvalue weighted by molar-refractivity contribution is 5.87. The third kappa shape index (κ3) is 2.09. The van der Waals surface area contributed by atoms with Crippen molar-refractivity contribution < 1.29 is 4.79 Å². The molecule has 0 saturated carbocycles. The van der Waals surface area contributed by atoms with E-state index in [1.807, 2.05) is 31.2 Å². The molecule has 0 radical (unpaired) electrons. The quantitative estimate of drug-likeness (QED) is 0.615. The van der Waals surface area contributed by atoms with Crippen LogP contribution in [0.15, 0.2) is 37.0 Å². The molecule has 0 aliphatic heterocycles. The van der Waals surface area contributed by atoms with Gasteiger partial charge in [-0.3, -0.25) is 4.79 Å². The Balaban J connectivity index is 2.61. The first-order valence-corrected chi connectivity index (χ1v) is 3.95. The lowest BCUT2D eigenvalue weighted by atomic mass is 9.93. The molecule has 0 spiro atoms. The zero-order valence-electron chi connectivity index (χ0n) is 7.21. The van der Waals surface area contributed by atoms with Crippen molar-refractivity contribution in [2.24, 2.45) is 0 Å². The highest BCUT2D eigenvalue weighted by Crippen LogP contribution is 2.16. The summed E-state index contributed by atoms with van der Waals surface area (Å²) in [6.07, 6.45) is 10.0. The summed E-state index contributed by atoms with van der Waals surface area (Å²) < 4.78 is 0. The molecule has 1 unspecified atom stereocenters. The summed E-state index contributed by atoms with van der Waals surface area (Å²) in [7, 11) is 0. The molecule has 0 saturated heterocycles. The van der Waals surface area contributed by atoms with Crippen molar-refractivity contribution in [3.05, 3.63) is 37.0 Å². The van der Waals surface area contributed by atoms with Crippen LogP contribution in [0.1, 0.15) is 13.3 Å². The standard InChI is InChI=1S/C10H13NO/c1-3-9(12)11-10(2)7-5-4-6-8-10/h3-7H,1,8H2,2H3,(H,11,12). The summed E-state index contributed by atoms with van der Waals surface area (Å²) in [4.78, 5) is 11.0. The van der Waals surface area contributed by atoms with Gasteiger partial charge in [-0.15, -0.1) is 0 Å². The van der Waals surface area contributed by atoms with E-state index in [1.165, 1.54) is 6.08 Å². The second kappa shape index (κ2) is 3.39. The van der Waals surface area contributed by atoms with Gasteiger partial charge < -0.3 is 5.32 Å². The summed E-state index contributed by atoms with van der Waals surface area (Å²) in [6, 6.07) is 0. The first-order valence-electron chi connectivity index (χ1n) is 3.95. The Morgan fingerprint density at radius 2 is 2.42 bits per heavy atom. The van der Waals surface area contributed by atoms with Crippen LogP contribution in [-0.2, 0) is 4.79 Å². The van der Waals surface area contributed by atoms with Gasteiger partial charge >= 0.3 is 0 Å². The average molecular weight is 163 g/mol. The van der Waals surface area contributed by atoms with E-state index in [9.17, 15) is 4.79 Å². The van der Waals surface area contributed by atoms with Crippen LogP contribution in [0.4, 0.5) is 0 Å². The number of amides is 1. The van der Waals surface area contributed by atoms with Crippen LogP contribution in [0.2, 0.25) is 0 Å². The lowest BCUT2D eigenvalue weighted by molar-refractivity contribution is -0.117. The molecule has 1 N–H and O–H groups in total. The number of rotatable bonds is 2. The number of carbonyl (C=O) groups is 1. The van der Waals surface area contributed by atoms with Crippen LogP contribution in [-0.4, -0.2) is 11.4 Å². The maximum absolute atomic E-state index is 11.0. The number of carbonyl (C=O) groups excluding carboxylic acids is 1. The average Bonchev–Trinajstić information content (AvgIpc) is 2.05. The zero-order valence-corrected chi connectivity index (χ0v) is 7.21. The van der Waals surface area contributed by atoms with Gasteiger partial charge in [0, 0.05) is 0 Å². The molecule has 1 atom stereocenters. The van der Waals surface area contributed by atoms with Crippen molar-refractivity contribution >= 4 is 5.91 Å². The van der Waals surface area contributed by atoms with Crippen molar-refractivity contribution in [3.63, 3.8) is 0 Å². The van der Waals surface area contributed by atoms with Crippen LogP contribution < -0.4 is 5.32 Å². The Labute approximate surface area is 72.7 Å². The fourth-order valence-electron chi connectivity index (χ4n) is 1.15. The number of hydrogen-bond acceptors (Lipinski definition) is 1. The summed E-state index contributed by atoms with van der Waals surface area (Å²) in [5.74, 6) is -0.127. The second-order valence-corrected chi connectivity index (χ2v) is 3.10. The molecule has 1 rings (SSSR count).